The lowest BCUT2D eigenvalue weighted by molar-refractivity contribution is 0.492. The summed E-state index contributed by atoms with van der Waals surface area (Å²) in [6.45, 7) is 1.93. The number of aromatic nitrogens is 4. The van der Waals surface area contributed by atoms with E-state index >= 15 is 0 Å². The number of hydrogen-bond donors (Lipinski definition) is 3. The third kappa shape index (κ3) is 4.02. The van der Waals surface area contributed by atoms with Gasteiger partial charge >= 0.3 is 0 Å². The lowest BCUT2D eigenvalue weighted by atomic mass is 10.2. The molecule has 0 radical (unpaired) electrons. The predicted octanol–water partition coefficient (Wildman–Crippen LogP) is 3.82. The van der Waals surface area contributed by atoms with Crippen molar-refractivity contribution in [2.75, 3.05) is 5.32 Å². The van der Waals surface area contributed by atoms with Crippen molar-refractivity contribution in [2.45, 2.75) is 19.4 Å². The molecule has 1 atom stereocenters. The average Bonchev–Trinajstić information content (AvgIpc) is 3.21. The standard InChI is InChI=1S/C15H14F2N6S2/c1-8(13(18)24)14-20-21-15(25-14)19-11-5-6-23(22-11)7-9-3-2-4-10(16)12(9)17/h2-6,8H,7H2,1H3,(H2,18,24)(H,19,21,22). The Morgan fingerprint density at radius 1 is 1.36 bits per heavy atom. The molecule has 6 nitrogen and oxygen atoms in total. The molecule has 2 heterocycles. The molecule has 10 heteroatoms. The Morgan fingerprint density at radius 2 is 2.16 bits per heavy atom. The van der Waals surface area contributed by atoms with Crippen molar-refractivity contribution in [2.24, 2.45) is 0 Å². The molecule has 0 saturated carbocycles. The molecule has 25 heavy (non-hydrogen) atoms. The maximum atomic E-state index is 13.7. The lowest BCUT2D eigenvalue weighted by Crippen LogP contribution is -2.04. The van der Waals surface area contributed by atoms with Gasteiger partial charge in [0, 0.05) is 17.8 Å². The van der Waals surface area contributed by atoms with Crippen molar-refractivity contribution >= 4 is 40.0 Å². The highest BCUT2D eigenvalue weighted by Crippen LogP contribution is 2.26. The molecule has 0 spiro atoms. The lowest BCUT2D eigenvalue weighted by Gasteiger charge is -2.04. The van der Waals surface area contributed by atoms with E-state index in [1.807, 2.05) is 6.92 Å². The Balaban J connectivity index is 1.70. The summed E-state index contributed by atoms with van der Waals surface area (Å²) < 4.78 is 28.5. The fourth-order valence-electron chi connectivity index (χ4n) is 2.05. The second-order valence-electron chi connectivity index (χ2n) is 5.29. The Morgan fingerprint density at radius 3 is 2.92 bits per heavy atom. The average molecular weight is 380 g/mol. The number of rotatable bonds is 6. The summed E-state index contributed by atoms with van der Waals surface area (Å²) in [4.78, 5) is 0. The summed E-state index contributed by atoms with van der Waals surface area (Å²) in [5.74, 6) is -1.46. The molecule has 0 saturated heterocycles. The van der Waals surface area contributed by atoms with Gasteiger partial charge in [-0.05, 0) is 13.0 Å². The van der Waals surface area contributed by atoms with Crippen LogP contribution >= 0.6 is 24.0 Å². The van der Waals surface area contributed by atoms with Gasteiger partial charge < -0.3 is 5.32 Å². The van der Waals surface area contributed by atoms with Crippen molar-refractivity contribution in [3.05, 3.63) is 52.7 Å². The summed E-state index contributed by atoms with van der Waals surface area (Å²) in [6, 6.07) is 5.74. The van der Waals surface area contributed by atoms with Gasteiger partial charge in [0.05, 0.1) is 17.5 Å². The first-order valence-corrected chi connectivity index (χ1v) is 8.54. The molecule has 1 aromatic carbocycles. The molecular weight excluding hydrogens is 366 g/mol. The minimum Gasteiger partial charge on any atom is -0.313 e. The van der Waals surface area contributed by atoms with Gasteiger partial charge in [0.25, 0.3) is 0 Å². The zero-order valence-electron chi connectivity index (χ0n) is 13.1. The van der Waals surface area contributed by atoms with Crippen LogP contribution in [-0.2, 0) is 6.54 Å². The monoisotopic (exact) mass is 380 g/mol. The van der Waals surface area contributed by atoms with Gasteiger partial charge in [-0.1, -0.05) is 23.5 Å². The van der Waals surface area contributed by atoms with Gasteiger partial charge in [0.15, 0.2) is 17.5 Å². The Hall–Kier alpha value is -2.33. The van der Waals surface area contributed by atoms with Crippen molar-refractivity contribution < 1.29 is 8.78 Å². The highest BCUT2D eigenvalue weighted by atomic mass is 32.1. The highest BCUT2D eigenvalue weighted by molar-refractivity contribution is 7.97. The molecule has 3 aromatic rings. The quantitative estimate of drug-likeness (QED) is 0.345. The summed E-state index contributed by atoms with van der Waals surface area (Å²) >= 11 is 5.31. The smallest absolute Gasteiger partial charge is 0.211 e. The number of thiol groups is 1. The van der Waals surface area contributed by atoms with E-state index in [-0.39, 0.29) is 23.1 Å². The van der Waals surface area contributed by atoms with E-state index in [0.29, 0.717) is 16.0 Å². The Labute approximate surface area is 151 Å². The first-order chi connectivity index (χ1) is 11.9. The van der Waals surface area contributed by atoms with Gasteiger partial charge in [0.1, 0.15) is 5.01 Å². The van der Waals surface area contributed by atoms with Crippen LogP contribution in [-0.4, -0.2) is 25.0 Å². The van der Waals surface area contributed by atoms with E-state index in [0.717, 1.165) is 6.07 Å². The number of benzene rings is 1. The van der Waals surface area contributed by atoms with Gasteiger partial charge in [0.2, 0.25) is 5.13 Å². The maximum Gasteiger partial charge on any atom is 0.211 e. The molecule has 0 bridgehead atoms. The number of nitrogens with zero attached hydrogens (tertiary/aromatic N) is 4. The minimum absolute atomic E-state index is 0.112. The van der Waals surface area contributed by atoms with Crippen LogP contribution in [0.3, 0.4) is 0 Å². The van der Waals surface area contributed by atoms with Gasteiger partial charge in [-0.2, -0.15) is 5.10 Å². The Bertz CT molecular complexity index is 907. The van der Waals surface area contributed by atoms with Crippen molar-refractivity contribution in [3.8, 4) is 0 Å². The predicted molar refractivity (Wildman–Crippen MR) is 96.0 cm³/mol. The zero-order valence-corrected chi connectivity index (χ0v) is 14.8. The highest BCUT2D eigenvalue weighted by Gasteiger charge is 2.15. The van der Waals surface area contributed by atoms with E-state index in [9.17, 15) is 8.78 Å². The SMILES string of the molecule is CC(C(=N)S)c1nnc(Nc2ccn(Cc3cccc(F)c3F)n2)s1. The largest absolute Gasteiger partial charge is 0.313 e. The third-order valence-corrected chi connectivity index (χ3v) is 4.87. The molecule has 0 fully saturated rings. The van der Waals surface area contributed by atoms with Crippen LogP contribution in [0.5, 0.6) is 0 Å². The number of halogens is 2. The van der Waals surface area contributed by atoms with E-state index in [2.05, 4.69) is 33.2 Å². The van der Waals surface area contributed by atoms with E-state index in [1.54, 1.807) is 12.3 Å². The first kappa shape index (κ1) is 17.5. The minimum atomic E-state index is -0.881. The van der Waals surface area contributed by atoms with Crippen molar-refractivity contribution in [1.29, 1.82) is 5.41 Å². The second-order valence-corrected chi connectivity index (χ2v) is 6.78. The first-order valence-electron chi connectivity index (χ1n) is 7.28. The molecule has 2 N–H and O–H groups in total. The van der Waals surface area contributed by atoms with Crippen molar-refractivity contribution in [3.63, 3.8) is 0 Å². The molecule has 0 aliphatic heterocycles. The molecule has 0 amide bonds. The van der Waals surface area contributed by atoms with Crippen LogP contribution in [0.1, 0.15) is 23.4 Å². The van der Waals surface area contributed by atoms with Crippen LogP contribution in [0, 0.1) is 17.0 Å². The fourth-order valence-corrected chi connectivity index (χ4v) is 3.07. The Kier molecular flexibility index (Phi) is 5.09. The number of hydrogen-bond acceptors (Lipinski definition) is 6. The molecule has 0 aliphatic rings. The van der Waals surface area contributed by atoms with E-state index < -0.39 is 11.6 Å². The van der Waals surface area contributed by atoms with Crippen LogP contribution in [0.4, 0.5) is 19.7 Å². The summed E-state index contributed by atoms with van der Waals surface area (Å²) in [6.07, 6.45) is 1.65. The molecular formula is C15H14F2N6S2. The molecule has 130 valence electrons. The third-order valence-electron chi connectivity index (χ3n) is 3.46. The van der Waals surface area contributed by atoms with Gasteiger partial charge in [-0.3, -0.25) is 10.1 Å². The van der Waals surface area contributed by atoms with Crippen molar-refractivity contribution in [1.82, 2.24) is 20.0 Å². The second kappa shape index (κ2) is 7.28. The number of anilines is 2. The molecule has 0 aliphatic carbocycles. The van der Waals surface area contributed by atoms with E-state index in [1.165, 1.54) is 28.2 Å². The summed E-state index contributed by atoms with van der Waals surface area (Å²) in [5.41, 5.74) is 0.217. The summed E-state index contributed by atoms with van der Waals surface area (Å²) in [5, 5.41) is 24.2. The zero-order chi connectivity index (χ0) is 18.0. The van der Waals surface area contributed by atoms with Gasteiger partial charge in [-0.25, -0.2) is 8.78 Å². The maximum absolute atomic E-state index is 13.7. The van der Waals surface area contributed by atoms with Crippen LogP contribution in [0.15, 0.2) is 30.5 Å². The summed E-state index contributed by atoms with van der Waals surface area (Å²) in [7, 11) is 0. The molecule has 3 rings (SSSR count). The van der Waals surface area contributed by atoms with Crippen LogP contribution in [0.25, 0.3) is 0 Å². The molecule has 1 unspecified atom stereocenters. The molecule has 2 aromatic heterocycles. The van der Waals surface area contributed by atoms with Gasteiger partial charge in [-0.15, -0.1) is 22.8 Å². The van der Waals surface area contributed by atoms with Crippen LogP contribution < -0.4 is 5.32 Å². The van der Waals surface area contributed by atoms with Crippen LogP contribution in [0.2, 0.25) is 0 Å². The normalized spacial score (nSPS) is 12.2. The topological polar surface area (TPSA) is 79.5 Å². The number of nitrogens with one attached hydrogen (secondary N) is 2. The fraction of sp³-hybridized carbons (Fsp3) is 0.200. The van der Waals surface area contributed by atoms with E-state index in [4.69, 9.17) is 5.41 Å².